The molecular weight excluding hydrogens is 374 g/mol. The van der Waals surface area contributed by atoms with Gasteiger partial charge in [-0.05, 0) is 68.0 Å². The molecule has 2 aliphatic rings. The van der Waals surface area contributed by atoms with Gasteiger partial charge in [0, 0.05) is 31.7 Å². The number of hydrogen-bond donors (Lipinski definition) is 1. The Morgan fingerprint density at radius 2 is 1.77 bits per heavy atom. The third-order valence-corrected chi connectivity index (χ3v) is 6.58. The van der Waals surface area contributed by atoms with E-state index >= 15 is 0 Å². The van der Waals surface area contributed by atoms with E-state index in [1.807, 2.05) is 43.3 Å². The molecule has 0 saturated carbocycles. The lowest BCUT2D eigenvalue weighted by atomic mass is 9.98. The van der Waals surface area contributed by atoms with Gasteiger partial charge in [0.1, 0.15) is 0 Å². The molecule has 0 aliphatic carbocycles. The topological polar surface area (TPSA) is 52.7 Å². The van der Waals surface area contributed by atoms with Crippen LogP contribution in [0.25, 0.3) is 0 Å². The fraction of sp³-hybridized carbons (Fsp3) is 0.440. The number of nitrogens with one attached hydrogen (secondary N) is 1. The molecular formula is C25H31N3O2. The van der Waals surface area contributed by atoms with Gasteiger partial charge < -0.3 is 15.1 Å². The molecule has 2 aliphatic heterocycles. The van der Waals surface area contributed by atoms with Crippen LogP contribution in [0, 0.1) is 25.7 Å². The highest BCUT2D eigenvalue weighted by molar-refractivity contribution is 6.04. The molecule has 0 aromatic heterocycles. The van der Waals surface area contributed by atoms with Gasteiger partial charge in [0.2, 0.25) is 11.8 Å². The van der Waals surface area contributed by atoms with E-state index in [1.54, 1.807) is 4.90 Å². The summed E-state index contributed by atoms with van der Waals surface area (Å²) in [5.41, 5.74) is 5.14. The summed E-state index contributed by atoms with van der Waals surface area (Å²) in [6.45, 7) is 8.84. The number of anilines is 3. The number of carbonyl (C=O) groups is 2. The van der Waals surface area contributed by atoms with Crippen molar-refractivity contribution in [1.82, 2.24) is 0 Å². The maximum atomic E-state index is 13.0. The Morgan fingerprint density at radius 3 is 2.50 bits per heavy atom. The SMILES string of the molecule is Cc1ccc(N2C[C@@H](C(=O)Nc3ccccc3N3CCC(C)CC3)CC2=O)cc1C. The number of benzene rings is 2. The third kappa shape index (κ3) is 4.20. The summed E-state index contributed by atoms with van der Waals surface area (Å²) < 4.78 is 0. The van der Waals surface area contributed by atoms with Gasteiger partial charge in [0.15, 0.2) is 0 Å². The third-order valence-electron chi connectivity index (χ3n) is 6.58. The summed E-state index contributed by atoms with van der Waals surface area (Å²) in [5.74, 6) is 0.349. The van der Waals surface area contributed by atoms with Crippen LogP contribution >= 0.6 is 0 Å². The zero-order valence-electron chi connectivity index (χ0n) is 18.1. The number of amides is 2. The molecule has 2 heterocycles. The van der Waals surface area contributed by atoms with Crippen molar-refractivity contribution in [1.29, 1.82) is 0 Å². The maximum absolute atomic E-state index is 13.0. The smallest absolute Gasteiger partial charge is 0.229 e. The molecule has 1 atom stereocenters. The molecule has 2 fully saturated rings. The molecule has 2 aromatic rings. The highest BCUT2D eigenvalue weighted by Crippen LogP contribution is 2.32. The van der Waals surface area contributed by atoms with Crippen LogP contribution in [0.3, 0.4) is 0 Å². The minimum absolute atomic E-state index is 0.0108. The highest BCUT2D eigenvalue weighted by Gasteiger charge is 2.35. The van der Waals surface area contributed by atoms with Gasteiger partial charge in [-0.2, -0.15) is 0 Å². The van der Waals surface area contributed by atoms with Gasteiger partial charge in [0.05, 0.1) is 17.3 Å². The first-order valence-corrected chi connectivity index (χ1v) is 10.9. The predicted octanol–water partition coefficient (Wildman–Crippen LogP) is 4.53. The van der Waals surface area contributed by atoms with Gasteiger partial charge in [-0.1, -0.05) is 25.1 Å². The zero-order chi connectivity index (χ0) is 21.3. The Bertz CT molecular complexity index is 947. The van der Waals surface area contributed by atoms with Crippen molar-refractivity contribution in [2.24, 2.45) is 11.8 Å². The molecule has 0 unspecified atom stereocenters. The average Bonchev–Trinajstić information content (AvgIpc) is 3.13. The quantitative estimate of drug-likeness (QED) is 0.813. The van der Waals surface area contributed by atoms with Gasteiger partial charge >= 0.3 is 0 Å². The largest absolute Gasteiger partial charge is 0.370 e. The van der Waals surface area contributed by atoms with E-state index in [-0.39, 0.29) is 24.2 Å². The van der Waals surface area contributed by atoms with E-state index < -0.39 is 0 Å². The van der Waals surface area contributed by atoms with Crippen LogP contribution in [0.1, 0.15) is 37.3 Å². The van der Waals surface area contributed by atoms with E-state index in [4.69, 9.17) is 0 Å². The first kappa shape index (κ1) is 20.5. The molecule has 0 spiro atoms. The molecule has 2 amide bonds. The molecule has 2 saturated heterocycles. The minimum Gasteiger partial charge on any atom is -0.370 e. The summed E-state index contributed by atoms with van der Waals surface area (Å²) in [4.78, 5) is 29.8. The molecule has 4 rings (SSSR count). The Morgan fingerprint density at radius 1 is 1.03 bits per heavy atom. The standard InChI is InChI=1S/C25H31N3O2/c1-17-10-12-27(13-11-17)23-7-5-4-6-22(23)26-25(30)20-15-24(29)28(16-20)21-9-8-18(2)19(3)14-21/h4-9,14,17,20H,10-13,15-16H2,1-3H3,(H,26,30)/t20-/m0/s1. The number of nitrogens with zero attached hydrogens (tertiary/aromatic N) is 2. The number of para-hydroxylation sites is 2. The number of piperidine rings is 1. The predicted molar refractivity (Wildman–Crippen MR) is 122 cm³/mol. The molecule has 0 radical (unpaired) electrons. The molecule has 30 heavy (non-hydrogen) atoms. The fourth-order valence-electron chi connectivity index (χ4n) is 4.37. The van der Waals surface area contributed by atoms with E-state index in [0.29, 0.717) is 6.54 Å². The van der Waals surface area contributed by atoms with Gasteiger partial charge in [0.25, 0.3) is 0 Å². The number of carbonyl (C=O) groups excluding carboxylic acids is 2. The molecule has 2 aromatic carbocycles. The second-order valence-corrected chi connectivity index (χ2v) is 8.85. The molecule has 0 bridgehead atoms. The highest BCUT2D eigenvalue weighted by atomic mass is 16.2. The van der Waals surface area contributed by atoms with Crippen LogP contribution in [0.15, 0.2) is 42.5 Å². The van der Waals surface area contributed by atoms with Crippen molar-refractivity contribution >= 4 is 28.9 Å². The number of hydrogen-bond acceptors (Lipinski definition) is 3. The molecule has 1 N–H and O–H groups in total. The van der Waals surface area contributed by atoms with Crippen molar-refractivity contribution < 1.29 is 9.59 Å². The van der Waals surface area contributed by atoms with E-state index in [0.717, 1.165) is 41.6 Å². The average molecular weight is 406 g/mol. The Hall–Kier alpha value is -2.82. The van der Waals surface area contributed by atoms with Crippen molar-refractivity contribution in [2.45, 2.75) is 40.0 Å². The first-order valence-electron chi connectivity index (χ1n) is 10.9. The molecule has 5 heteroatoms. The van der Waals surface area contributed by atoms with Crippen molar-refractivity contribution in [2.75, 3.05) is 34.8 Å². The molecule has 5 nitrogen and oxygen atoms in total. The van der Waals surface area contributed by atoms with Crippen molar-refractivity contribution in [3.63, 3.8) is 0 Å². The van der Waals surface area contributed by atoms with E-state index in [9.17, 15) is 9.59 Å². The van der Waals surface area contributed by atoms with E-state index in [2.05, 4.69) is 30.1 Å². The second-order valence-electron chi connectivity index (χ2n) is 8.85. The summed E-state index contributed by atoms with van der Waals surface area (Å²) >= 11 is 0. The summed E-state index contributed by atoms with van der Waals surface area (Å²) in [5, 5.41) is 3.11. The normalized spacial score (nSPS) is 20.0. The van der Waals surface area contributed by atoms with Crippen molar-refractivity contribution in [3.05, 3.63) is 53.6 Å². The number of aryl methyl sites for hydroxylation is 2. The summed E-state index contributed by atoms with van der Waals surface area (Å²) in [6.07, 6.45) is 2.59. The minimum atomic E-state index is -0.339. The van der Waals surface area contributed by atoms with Crippen LogP contribution in [0.2, 0.25) is 0 Å². The first-order chi connectivity index (χ1) is 14.4. The fourth-order valence-corrected chi connectivity index (χ4v) is 4.37. The van der Waals surface area contributed by atoms with Gasteiger partial charge in [-0.15, -0.1) is 0 Å². The van der Waals surface area contributed by atoms with Crippen LogP contribution < -0.4 is 15.1 Å². The van der Waals surface area contributed by atoms with Crippen LogP contribution in [-0.4, -0.2) is 31.4 Å². The lowest BCUT2D eigenvalue weighted by Crippen LogP contribution is -2.34. The maximum Gasteiger partial charge on any atom is 0.229 e. The van der Waals surface area contributed by atoms with Gasteiger partial charge in [-0.3, -0.25) is 9.59 Å². The van der Waals surface area contributed by atoms with Crippen LogP contribution in [0.5, 0.6) is 0 Å². The summed E-state index contributed by atoms with van der Waals surface area (Å²) in [6, 6.07) is 14.0. The second kappa shape index (κ2) is 8.50. The lowest BCUT2D eigenvalue weighted by Gasteiger charge is -2.33. The van der Waals surface area contributed by atoms with Gasteiger partial charge in [-0.25, -0.2) is 0 Å². The Kier molecular flexibility index (Phi) is 5.80. The van der Waals surface area contributed by atoms with Crippen LogP contribution in [-0.2, 0) is 9.59 Å². The van der Waals surface area contributed by atoms with Crippen LogP contribution in [0.4, 0.5) is 17.1 Å². The van der Waals surface area contributed by atoms with Crippen molar-refractivity contribution in [3.8, 4) is 0 Å². The lowest BCUT2D eigenvalue weighted by molar-refractivity contribution is -0.122. The number of rotatable bonds is 4. The Labute approximate surface area is 179 Å². The summed E-state index contributed by atoms with van der Waals surface area (Å²) in [7, 11) is 0. The van der Waals surface area contributed by atoms with E-state index in [1.165, 1.54) is 18.4 Å². The Balaban J connectivity index is 1.46. The zero-order valence-corrected chi connectivity index (χ0v) is 18.1. The monoisotopic (exact) mass is 405 g/mol. The molecule has 158 valence electrons.